The van der Waals surface area contributed by atoms with Crippen LogP contribution in [-0.2, 0) is 42.9 Å². The van der Waals surface area contributed by atoms with Crippen molar-refractivity contribution in [3.05, 3.63) is 56.5 Å². The lowest BCUT2D eigenvalue weighted by molar-refractivity contribution is -0.222. The number of ether oxygens (including phenoxy) is 2. The number of nitrogens with zero attached hydrogens (tertiary/aromatic N) is 1. The smallest absolute Gasteiger partial charge is 0.352 e. The highest BCUT2D eigenvalue weighted by Crippen LogP contribution is 2.42. The van der Waals surface area contributed by atoms with E-state index in [1.807, 2.05) is 12.1 Å². The molecule has 2 heterocycles. The van der Waals surface area contributed by atoms with E-state index in [-0.39, 0.29) is 33.6 Å². The number of thiophene rings is 1. The molecule has 0 saturated carbocycles. The third-order valence-corrected chi connectivity index (χ3v) is 9.42. The maximum Gasteiger partial charge on any atom is 0.352 e. The van der Waals surface area contributed by atoms with Crippen LogP contribution in [0.15, 0.2) is 35.7 Å². The van der Waals surface area contributed by atoms with Crippen molar-refractivity contribution in [1.82, 2.24) is 4.90 Å². The molecule has 0 radical (unpaired) electrons. The number of hydrogen-bond donors (Lipinski definition) is 2. The number of carbonyl (C=O) groups excluding carboxylic acids is 2. The van der Waals surface area contributed by atoms with Crippen LogP contribution in [-0.4, -0.2) is 33.8 Å². The van der Waals surface area contributed by atoms with Gasteiger partial charge < -0.3 is 24.8 Å². The molecule has 1 fully saturated rings. The van der Waals surface area contributed by atoms with Crippen molar-refractivity contribution in [2.24, 2.45) is 5.41 Å². The van der Waals surface area contributed by atoms with Gasteiger partial charge in [-0.3, -0.25) is 0 Å². The molecular formula is C39H60N2O5S. The lowest BCUT2D eigenvalue weighted by Crippen LogP contribution is -2.45. The SMILES string of the molecule is CCCCCCC(C)N(Cc1ccc(CC(C)(C)C)s1)C(Nc1cc(C(C)(C)C)c(O)c(C(C)(C)C)c1)=C1C(=O)OC(C)(C)OC1=O. The number of phenols is 1. The van der Waals surface area contributed by atoms with Crippen molar-refractivity contribution in [2.45, 2.75) is 158 Å². The van der Waals surface area contributed by atoms with Gasteiger partial charge in [0.25, 0.3) is 5.79 Å². The summed E-state index contributed by atoms with van der Waals surface area (Å²) >= 11 is 1.77. The Hall–Kier alpha value is -3.00. The topological polar surface area (TPSA) is 88.1 Å². The first-order chi connectivity index (χ1) is 21.5. The monoisotopic (exact) mass is 668 g/mol. The zero-order chi connectivity index (χ0) is 35.5. The number of carbonyl (C=O) groups is 2. The van der Waals surface area contributed by atoms with E-state index in [1.54, 1.807) is 25.2 Å². The molecule has 7 nitrogen and oxygen atoms in total. The van der Waals surface area contributed by atoms with Crippen LogP contribution in [0.2, 0.25) is 0 Å². The van der Waals surface area contributed by atoms with Crippen LogP contribution in [0, 0.1) is 5.41 Å². The summed E-state index contributed by atoms with van der Waals surface area (Å²) in [6.45, 7) is 27.1. The molecule has 1 atom stereocenters. The molecule has 1 aliphatic rings. The van der Waals surface area contributed by atoms with Gasteiger partial charge in [-0.05, 0) is 60.3 Å². The number of rotatable bonds is 12. The van der Waals surface area contributed by atoms with Gasteiger partial charge in [-0.2, -0.15) is 0 Å². The van der Waals surface area contributed by atoms with Crippen LogP contribution in [0.3, 0.4) is 0 Å². The van der Waals surface area contributed by atoms with Gasteiger partial charge in [0.15, 0.2) is 5.57 Å². The van der Waals surface area contributed by atoms with E-state index < -0.39 is 17.7 Å². The summed E-state index contributed by atoms with van der Waals surface area (Å²) in [5.74, 6) is -2.19. The van der Waals surface area contributed by atoms with E-state index >= 15 is 0 Å². The van der Waals surface area contributed by atoms with Crippen molar-refractivity contribution in [3.8, 4) is 5.75 Å². The molecule has 2 aromatic rings. The molecule has 1 aliphatic heterocycles. The summed E-state index contributed by atoms with van der Waals surface area (Å²) in [5, 5.41) is 15.0. The first kappa shape index (κ1) is 38.4. The first-order valence-electron chi connectivity index (χ1n) is 17.2. The summed E-state index contributed by atoms with van der Waals surface area (Å²) in [5.41, 5.74) is 1.49. The predicted octanol–water partition coefficient (Wildman–Crippen LogP) is 9.96. The van der Waals surface area contributed by atoms with Gasteiger partial charge in [-0.25, -0.2) is 9.59 Å². The normalized spacial score (nSPS) is 16.1. The molecule has 1 unspecified atom stereocenters. The van der Waals surface area contributed by atoms with Crippen molar-refractivity contribution >= 4 is 29.0 Å². The average molecular weight is 669 g/mol. The highest BCUT2D eigenvalue weighted by atomic mass is 32.1. The van der Waals surface area contributed by atoms with Crippen LogP contribution in [0.1, 0.15) is 143 Å². The van der Waals surface area contributed by atoms with Crippen LogP contribution in [0.4, 0.5) is 5.69 Å². The van der Waals surface area contributed by atoms with Crippen LogP contribution in [0.25, 0.3) is 0 Å². The van der Waals surface area contributed by atoms with Gasteiger partial charge in [0.1, 0.15) is 11.6 Å². The van der Waals surface area contributed by atoms with Gasteiger partial charge in [0, 0.05) is 46.5 Å². The van der Waals surface area contributed by atoms with Crippen molar-refractivity contribution < 1.29 is 24.2 Å². The second kappa shape index (κ2) is 14.6. The van der Waals surface area contributed by atoms with Gasteiger partial charge in [-0.15, -0.1) is 11.3 Å². The largest absolute Gasteiger partial charge is 0.507 e. The summed E-state index contributed by atoms with van der Waals surface area (Å²) in [6.07, 6.45) is 6.28. The standard InChI is InChI=1S/C39H60N2O5S/c1-14-15-16-17-18-25(2)41(24-28-20-19-27(47-28)23-36(3,4)5)33(31-34(43)45-39(12,13)46-35(31)44)40-26-21-29(37(6,7)8)32(42)30(22-26)38(9,10)11/h19-22,25,40,42H,14-18,23-24H2,1-13H3. The molecule has 8 heteroatoms. The molecule has 0 aliphatic carbocycles. The number of aromatic hydroxyl groups is 1. The van der Waals surface area contributed by atoms with E-state index in [0.717, 1.165) is 54.5 Å². The molecule has 0 amide bonds. The Kier molecular flexibility index (Phi) is 12.0. The molecule has 3 rings (SSSR count). The van der Waals surface area contributed by atoms with E-state index in [2.05, 4.69) is 98.5 Å². The summed E-state index contributed by atoms with van der Waals surface area (Å²) in [6, 6.07) is 8.16. The summed E-state index contributed by atoms with van der Waals surface area (Å²) < 4.78 is 11.3. The minimum atomic E-state index is -1.37. The highest BCUT2D eigenvalue weighted by Gasteiger charge is 2.43. The molecule has 47 heavy (non-hydrogen) atoms. The lowest BCUT2D eigenvalue weighted by Gasteiger charge is -2.37. The Labute approximate surface area is 288 Å². The molecular weight excluding hydrogens is 609 g/mol. The van der Waals surface area contributed by atoms with E-state index in [4.69, 9.17) is 9.47 Å². The maximum absolute atomic E-state index is 13.7. The van der Waals surface area contributed by atoms with Crippen LogP contribution in [0.5, 0.6) is 5.75 Å². The quantitative estimate of drug-likeness (QED) is 0.0765. The minimum Gasteiger partial charge on any atom is -0.507 e. The second-order valence-electron chi connectivity index (χ2n) is 16.9. The zero-order valence-corrected chi connectivity index (χ0v) is 32.1. The van der Waals surface area contributed by atoms with E-state index in [9.17, 15) is 14.7 Å². The molecule has 0 bridgehead atoms. The number of phenolic OH excluding ortho intramolecular Hbond substituents is 1. The van der Waals surface area contributed by atoms with E-state index in [0.29, 0.717) is 18.1 Å². The first-order valence-corrected chi connectivity index (χ1v) is 18.0. The second-order valence-corrected chi connectivity index (χ2v) is 18.1. The van der Waals surface area contributed by atoms with Gasteiger partial charge in [0.05, 0.1) is 6.54 Å². The maximum atomic E-state index is 13.7. The Morgan fingerprint density at radius 3 is 1.91 bits per heavy atom. The molecule has 0 spiro atoms. The predicted molar refractivity (Wildman–Crippen MR) is 194 cm³/mol. The number of anilines is 1. The fourth-order valence-electron chi connectivity index (χ4n) is 5.88. The highest BCUT2D eigenvalue weighted by molar-refractivity contribution is 7.12. The number of benzene rings is 1. The fourth-order valence-corrected chi connectivity index (χ4v) is 7.20. The molecule has 1 aromatic carbocycles. The third-order valence-electron chi connectivity index (χ3n) is 8.35. The molecule has 2 N–H and O–H groups in total. The number of nitrogens with one attached hydrogen (secondary N) is 1. The van der Waals surface area contributed by atoms with Crippen LogP contribution < -0.4 is 5.32 Å². The van der Waals surface area contributed by atoms with Crippen molar-refractivity contribution in [1.29, 1.82) is 0 Å². The zero-order valence-electron chi connectivity index (χ0n) is 31.3. The third kappa shape index (κ3) is 10.5. The van der Waals surface area contributed by atoms with Crippen LogP contribution >= 0.6 is 11.3 Å². The Morgan fingerprint density at radius 1 is 0.894 bits per heavy atom. The van der Waals surface area contributed by atoms with Gasteiger partial charge in [0.2, 0.25) is 0 Å². The number of hydrogen-bond acceptors (Lipinski definition) is 8. The summed E-state index contributed by atoms with van der Waals surface area (Å²) in [7, 11) is 0. The minimum absolute atomic E-state index is 0.0214. The molecule has 1 aromatic heterocycles. The van der Waals surface area contributed by atoms with Crippen molar-refractivity contribution in [3.63, 3.8) is 0 Å². The Bertz CT molecular complexity index is 1390. The lowest BCUT2D eigenvalue weighted by atomic mass is 9.79. The Morgan fingerprint density at radius 2 is 1.43 bits per heavy atom. The average Bonchev–Trinajstić information content (AvgIpc) is 3.32. The number of cyclic esters (lactones) is 2. The molecule has 1 saturated heterocycles. The Balaban J connectivity index is 2.25. The number of esters is 2. The van der Waals surface area contributed by atoms with E-state index in [1.165, 1.54) is 4.88 Å². The summed E-state index contributed by atoms with van der Waals surface area (Å²) in [4.78, 5) is 32.0. The van der Waals surface area contributed by atoms with Gasteiger partial charge >= 0.3 is 11.9 Å². The van der Waals surface area contributed by atoms with Crippen molar-refractivity contribution in [2.75, 3.05) is 5.32 Å². The fraction of sp³-hybridized carbons (Fsp3) is 0.641. The number of unbranched alkanes of at least 4 members (excludes halogenated alkanes) is 3. The van der Waals surface area contributed by atoms with Gasteiger partial charge in [-0.1, -0.05) is 94.9 Å². The molecule has 262 valence electrons.